The Kier molecular flexibility index (Phi) is 4.93. The van der Waals surface area contributed by atoms with Crippen molar-refractivity contribution in [3.63, 3.8) is 0 Å². The van der Waals surface area contributed by atoms with Gasteiger partial charge in [0.1, 0.15) is 0 Å². The molecule has 2 heteroatoms. The van der Waals surface area contributed by atoms with E-state index >= 15 is 0 Å². The van der Waals surface area contributed by atoms with Crippen LogP contribution in [-0.4, -0.2) is 46.0 Å². The number of rotatable bonds is 1. The third-order valence-electron chi connectivity index (χ3n) is 2.79. The van der Waals surface area contributed by atoms with Crippen molar-refractivity contribution in [3.05, 3.63) is 0 Å². The monoisotopic (exact) mass is 257 g/mol. The van der Waals surface area contributed by atoms with Gasteiger partial charge >= 0.3 is 78.8 Å². The average Bonchev–Trinajstić information content (AvgIpc) is 1.96. The van der Waals surface area contributed by atoms with Crippen molar-refractivity contribution in [1.29, 1.82) is 0 Å². The molecular formula is C9H20InN. The Morgan fingerprint density at radius 1 is 1.18 bits per heavy atom. The van der Waals surface area contributed by atoms with Crippen LogP contribution in [0, 0.1) is 0 Å². The third kappa shape index (κ3) is 3.84. The fourth-order valence-electron chi connectivity index (χ4n) is 1.90. The summed E-state index contributed by atoms with van der Waals surface area (Å²) in [6.07, 6.45) is 3.01. The Morgan fingerprint density at radius 2 is 1.73 bits per heavy atom. The fraction of sp³-hybridized carbons (Fsp3) is 1.00. The van der Waals surface area contributed by atoms with Gasteiger partial charge in [0.15, 0.2) is 0 Å². The van der Waals surface area contributed by atoms with Gasteiger partial charge in [0, 0.05) is 0 Å². The van der Waals surface area contributed by atoms with Crippen molar-refractivity contribution in [2.75, 3.05) is 19.6 Å². The molecule has 1 nitrogen and oxygen atoms in total. The normalized spacial score (nSPS) is 22.9. The molecule has 0 aliphatic carbocycles. The fourth-order valence-corrected chi connectivity index (χ4v) is 7.74. The number of nitrogens with zero attached hydrogens (tertiary/aromatic N) is 1. The summed E-state index contributed by atoms with van der Waals surface area (Å²) in [5, 5.41) is 0. The van der Waals surface area contributed by atoms with E-state index in [1.54, 1.807) is 8.35 Å². The van der Waals surface area contributed by atoms with Crippen LogP contribution in [0.25, 0.3) is 0 Å². The maximum atomic E-state index is 2.61. The second-order valence-electron chi connectivity index (χ2n) is 3.82. The van der Waals surface area contributed by atoms with Crippen molar-refractivity contribution in [1.82, 2.24) is 4.90 Å². The molecule has 0 unspecified atom stereocenters. The summed E-state index contributed by atoms with van der Waals surface area (Å²) in [6, 6.07) is 0. The summed E-state index contributed by atoms with van der Waals surface area (Å²) in [7, 11) is 0. The van der Waals surface area contributed by atoms with Gasteiger partial charge in [-0.1, -0.05) is 0 Å². The zero-order valence-electron chi connectivity index (χ0n) is 7.97. The van der Waals surface area contributed by atoms with Gasteiger partial charge in [0.05, 0.1) is 0 Å². The van der Waals surface area contributed by atoms with Gasteiger partial charge in [-0.15, -0.1) is 0 Å². The zero-order valence-corrected chi connectivity index (χ0v) is 11.3. The molecule has 1 aliphatic rings. The van der Waals surface area contributed by atoms with E-state index < -0.39 is 21.4 Å². The second kappa shape index (κ2) is 5.47. The van der Waals surface area contributed by atoms with Crippen LogP contribution in [0.15, 0.2) is 0 Å². The molecule has 0 aromatic heterocycles. The van der Waals surface area contributed by atoms with E-state index in [9.17, 15) is 0 Å². The Hall–Kier alpha value is 0.830. The topological polar surface area (TPSA) is 3.24 Å². The van der Waals surface area contributed by atoms with Crippen LogP contribution in [0.4, 0.5) is 0 Å². The number of hydrogen-bond acceptors (Lipinski definition) is 1. The van der Waals surface area contributed by atoms with E-state index in [0.29, 0.717) is 0 Å². The summed E-state index contributed by atoms with van der Waals surface area (Å²) in [5.74, 6) is 0. The molecule has 0 bridgehead atoms. The first-order valence-corrected chi connectivity index (χ1v) is 13.0. The summed E-state index contributed by atoms with van der Waals surface area (Å²) >= 11 is -0.855. The minimum absolute atomic E-state index is 0.855. The Balaban J connectivity index is 2.22. The van der Waals surface area contributed by atoms with E-state index in [1.165, 1.54) is 32.5 Å². The minimum atomic E-state index is -0.855. The van der Waals surface area contributed by atoms with Crippen molar-refractivity contribution < 1.29 is 0 Å². The molecule has 64 valence electrons. The molecule has 1 aliphatic heterocycles. The van der Waals surface area contributed by atoms with Crippen LogP contribution in [0.5, 0.6) is 0 Å². The Bertz CT molecular complexity index is 95.7. The predicted octanol–water partition coefficient (Wildman–Crippen LogP) is 2.23. The molecule has 0 N–H and O–H groups in total. The summed E-state index contributed by atoms with van der Waals surface area (Å²) in [5.41, 5.74) is 0. The van der Waals surface area contributed by atoms with Gasteiger partial charge in [-0.05, 0) is 0 Å². The molecule has 0 aromatic carbocycles. The first-order chi connectivity index (χ1) is 5.33. The molecule has 1 fully saturated rings. The van der Waals surface area contributed by atoms with Crippen molar-refractivity contribution in [3.8, 4) is 0 Å². The van der Waals surface area contributed by atoms with Crippen molar-refractivity contribution in [2.24, 2.45) is 0 Å². The molecule has 0 radical (unpaired) electrons. The molecule has 0 atom stereocenters. The van der Waals surface area contributed by atoms with Crippen LogP contribution >= 0.6 is 0 Å². The van der Waals surface area contributed by atoms with Gasteiger partial charge in [-0.25, -0.2) is 0 Å². The number of hydrogen-bond donors (Lipinski definition) is 0. The van der Waals surface area contributed by atoms with E-state index in [2.05, 4.69) is 16.5 Å². The van der Waals surface area contributed by atoms with Crippen molar-refractivity contribution >= 4 is 21.4 Å². The summed E-state index contributed by atoms with van der Waals surface area (Å²) in [4.78, 5) is 2.61. The van der Waals surface area contributed by atoms with Gasteiger partial charge in [0.2, 0.25) is 0 Å². The molecule has 0 aromatic rings. The molecule has 1 saturated heterocycles. The van der Waals surface area contributed by atoms with Crippen molar-refractivity contribution in [2.45, 2.75) is 32.8 Å². The summed E-state index contributed by atoms with van der Waals surface area (Å²) < 4.78 is 5.90. The zero-order chi connectivity index (χ0) is 8.10. The van der Waals surface area contributed by atoms with Crippen LogP contribution in [0.3, 0.4) is 0 Å². The first-order valence-electron chi connectivity index (χ1n) is 5.05. The van der Waals surface area contributed by atoms with E-state index in [-0.39, 0.29) is 0 Å². The molecule has 0 saturated carbocycles. The first kappa shape index (κ1) is 9.91. The summed E-state index contributed by atoms with van der Waals surface area (Å²) in [6.45, 7) is 6.33. The van der Waals surface area contributed by atoms with E-state index in [1.807, 2.05) is 0 Å². The van der Waals surface area contributed by atoms with Crippen LogP contribution in [0.1, 0.15) is 19.8 Å². The maximum absolute atomic E-state index is 2.61. The molecule has 1 rings (SSSR count). The molecular weight excluding hydrogens is 237 g/mol. The molecule has 0 spiro atoms. The van der Waals surface area contributed by atoms with Crippen LogP contribution < -0.4 is 0 Å². The van der Waals surface area contributed by atoms with Crippen LogP contribution in [0.2, 0.25) is 13.0 Å². The predicted molar refractivity (Wildman–Crippen MR) is 52.6 cm³/mol. The second-order valence-corrected chi connectivity index (χ2v) is 13.4. The van der Waals surface area contributed by atoms with Gasteiger partial charge in [-0.3, -0.25) is 0 Å². The van der Waals surface area contributed by atoms with Gasteiger partial charge < -0.3 is 0 Å². The van der Waals surface area contributed by atoms with Crippen LogP contribution in [-0.2, 0) is 0 Å². The van der Waals surface area contributed by atoms with Gasteiger partial charge in [-0.2, -0.15) is 0 Å². The molecule has 0 amide bonds. The Labute approximate surface area is 78.7 Å². The average molecular weight is 257 g/mol. The Morgan fingerprint density at radius 3 is 2.18 bits per heavy atom. The standard InChI is InChI=1S/C8H17N.CH3.In/c1-4-7-9(6-3)8-5-2;;/h1-2,4-8H2,3H3;1H3;. The quantitative estimate of drug-likeness (QED) is 0.696. The van der Waals surface area contributed by atoms with E-state index in [4.69, 9.17) is 0 Å². The van der Waals surface area contributed by atoms with Gasteiger partial charge in [0.25, 0.3) is 0 Å². The molecule has 11 heavy (non-hydrogen) atoms. The molecule has 1 heterocycles. The van der Waals surface area contributed by atoms with E-state index in [0.717, 1.165) is 0 Å². The third-order valence-corrected chi connectivity index (χ3v) is 10.7. The SMILES string of the molecule is CCN1CC[CH2][In]([CH3])[CH2]CC1.